The monoisotopic (exact) mass is 780 g/mol. The molecule has 54 heavy (non-hydrogen) atoms. The smallest absolute Gasteiger partial charge is 0.464 e. The zero-order valence-corrected chi connectivity index (χ0v) is 29.4. The van der Waals surface area contributed by atoms with Crippen LogP contribution in [0.25, 0.3) is 21.8 Å². The van der Waals surface area contributed by atoms with E-state index >= 15 is 0 Å². The lowest BCUT2D eigenvalue weighted by Gasteiger charge is -2.10. The number of carbonyl (C=O) groups excluding carboxylic acids is 2. The quantitative estimate of drug-likeness (QED) is 0.111. The van der Waals surface area contributed by atoms with Crippen LogP contribution in [0.15, 0.2) is 72.8 Å². The molecule has 0 saturated carbocycles. The fourth-order valence-corrected chi connectivity index (χ4v) is 5.62. The molecule has 0 N–H and O–H groups in total. The van der Waals surface area contributed by atoms with Crippen LogP contribution in [0.2, 0.25) is 5.02 Å². The predicted octanol–water partition coefficient (Wildman–Crippen LogP) is 8.95. The first-order chi connectivity index (χ1) is 25.3. The standard InChI is InChI=1S/C18H14ClF3N2O3.C18H14F4N2O3/c2*1-10-3-4-11(14(19)7-10)9-24-15-8-12(27-18(20,21)22)5-6-13(15)16(23-24)17(25)26-2/h2*3-8H,9H2,1-2H3. The van der Waals surface area contributed by atoms with Crippen LogP contribution < -0.4 is 9.47 Å². The molecule has 0 aliphatic carbocycles. The fraction of sp³-hybridized carbons (Fsp3) is 0.222. The molecule has 284 valence electrons. The number of carbonyl (C=O) groups is 2. The lowest BCUT2D eigenvalue weighted by molar-refractivity contribution is -0.275. The molecule has 6 aromatic rings. The van der Waals surface area contributed by atoms with Crippen LogP contribution in [0.1, 0.15) is 43.2 Å². The number of fused-ring (bicyclic) bond motifs is 2. The van der Waals surface area contributed by atoms with E-state index < -0.39 is 42.0 Å². The van der Waals surface area contributed by atoms with E-state index in [1.807, 2.05) is 13.0 Å². The minimum Gasteiger partial charge on any atom is -0.464 e. The lowest BCUT2D eigenvalue weighted by atomic mass is 10.1. The summed E-state index contributed by atoms with van der Waals surface area (Å²) in [5.41, 5.74) is 3.02. The first-order valence-electron chi connectivity index (χ1n) is 15.5. The number of alkyl halides is 6. The van der Waals surface area contributed by atoms with Crippen LogP contribution in [0.3, 0.4) is 0 Å². The zero-order chi connectivity index (χ0) is 39.5. The van der Waals surface area contributed by atoms with Crippen LogP contribution in [0.4, 0.5) is 30.7 Å². The van der Waals surface area contributed by atoms with Crippen LogP contribution in [0, 0.1) is 19.7 Å². The molecule has 0 radical (unpaired) electrons. The molecule has 0 atom stereocenters. The van der Waals surface area contributed by atoms with E-state index in [1.54, 1.807) is 31.2 Å². The van der Waals surface area contributed by atoms with Gasteiger partial charge in [-0.25, -0.2) is 14.0 Å². The Balaban J connectivity index is 0.000000208. The molecular weight excluding hydrogens is 753 g/mol. The van der Waals surface area contributed by atoms with Crippen molar-refractivity contribution >= 4 is 45.3 Å². The summed E-state index contributed by atoms with van der Waals surface area (Å²) in [6.07, 6.45) is -9.70. The Morgan fingerprint density at radius 2 is 1.07 bits per heavy atom. The Hall–Kier alpha value is -5.84. The Morgan fingerprint density at radius 1 is 0.648 bits per heavy atom. The second-order valence-corrected chi connectivity index (χ2v) is 12.0. The summed E-state index contributed by atoms with van der Waals surface area (Å²) in [5, 5.41) is 9.40. The highest BCUT2D eigenvalue weighted by Gasteiger charge is 2.32. The molecule has 0 aliphatic heterocycles. The summed E-state index contributed by atoms with van der Waals surface area (Å²) in [6.45, 7) is 3.68. The molecule has 10 nitrogen and oxygen atoms in total. The van der Waals surface area contributed by atoms with Gasteiger partial charge in [0.2, 0.25) is 0 Å². The number of hydrogen-bond donors (Lipinski definition) is 0. The number of benzene rings is 4. The Kier molecular flexibility index (Phi) is 11.4. The van der Waals surface area contributed by atoms with Gasteiger partial charge >= 0.3 is 24.7 Å². The van der Waals surface area contributed by atoms with Crippen LogP contribution >= 0.6 is 11.6 Å². The number of methoxy groups -OCH3 is 2. The average Bonchev–Trinajstić information content (AvgIpc) is 3.63. The van der Waals surface area contributed by atoms with Gasteiger partial charge in [-0.1, -0.05) is 35.9 Å². The number of aryl methyl sites for hydroxylation is 2. The Bertz CT molecular complexity index is 2190. The van der Waals surface area contributed by atoms with Gasteiger partial charge in [0, 0.05) is 33.5 Å². The van der Waals surface area contributed by atoms with Crippen molar-refractivity contribution in [1.29, 1.82) is 0 Å². The Morgan fingerprint density at radius 3 is 1.48 bits per heavy atom. The highest BCUT2D eigenvalue weighted by molar-refractivity contribution is 6.31. The zero-order valence-electron chi connectivity index (χ0n) is 28.6. The van der Waals surface area contributed by atoms with Gasteiger partial charge in [0.1, 0.15) is 17.3 Å². The normalized spacial score (nSPS) is 11.6. The van der Waals surface area contributed by atoms with Gasteiger partial charge in [0.25, 0.3) is 0 Å². The third-order valence-electron chi connectivity index (χ3n) is 7.73. The second-order valence-electron chi connectivity index (χ2n) is 11.6. The fourth-order valence-electron chi connectivity index (χ4n) is 5.32. The molecule has 0 amide bonds. The first-order valence-corrected chi connectivity index (χ1v) is 15.9. The first kappa shape index (κ1) is 39.4. The van der Waals surface area contributed by atoms with Crippen molar-refractivity contribution in [3.63, 3.8) is 0 Å². The van der Waals surface area contributed by atoms with Gasteiger partial charge < -0.3 is 18.9 Å². The van der Waals surface area contributed by atoms with Gasteiger partial charge in [-0.05, 0) is 66.9 Å². The number of esters is 2. The van der Waals surface area contributed by atoms with E-state index in [2.05, 4.69) is 24.4 Å². The van der Waals surface area contributed by atoms with Crippen molar-refractivity contribution in [1.82, 2.24) is 19.6 Å². The van der Waals surface area contributed by atoms with E-state index in [9.17, 15) is 40.3 Å². The molecule has 2 aromatic heterocycles. The number of rotatable bonds is 8. The van der Waals surface area contributed by atoms with Crippen molar-refractivity contribution in [2.75, 3.05) is 14.2 Å². The molecule has 6 rings (SSSR count). The Labute approximate surface area is 306 Å². The van der Waals surface area contributed by atoms with Crippen molar-refractivity contribution in [3.05, 3.63) is 117 Å². The predicted molar refractivity (Wildman–Crippen MR) is 181 cm³/mol. The minimum absolute atomic E-state index is 0.00528. The average molecular weight is 781 g/mol. The van der Waals surface area contributed by atoms with Crippen molar-refractivity contribution in [2.24, 2.45) is 0 Å². The molecule has 0 fully saturated rings. The SMILES string of the molecule is COC(=O)c1nn(Cc2ccc(C)cc2Cl)c2cc(OC(F)(F)F)ccc12.COC(=O)c1nn(Cc2ccc(C)cc2F)c2cc(OC(F)(F)F)ccc12. The van der Waals surface area contributed by atoms with E-state index in [0.717, 1.165) is 36.4 Å². The van der Waals surface area contributed by atoms with Crippen molar-refractivity contribution in [3.8, 4) is 11.5 Å². The van der Waals surface area contributed by atoms with Crippen LogP contribution in [0.5, 0.6) is 11.5 Å². The molecule has 0 aliphatic rings. The molecule has 2 heterocycles. The molecular formula is C36H28ClF7N4O6. The highest BCUT2D eigenvalue weighted by atomic mass is 35.5. The number of aromatic nitrogens is 4. The molecule has 0 bridgehead atoms. The summed E-state index contributed by atoms with van der Waals surface area (Å²) in [5.74, 6) is -2.83. The van der Waals surface area contributed by atoms with E-state index in [4.69, 9.17) is 16.3 Å². The molecule has 0 spiro atoms. The minimum atomic E-state index is -4.87. The van der Waals surface area contributed by atoms with E-state index in [-0.39, 0.29) is 46.5 Å². The van der Waals surface area contributed by atoms with E-state index in [0.29, 0.717) is 16.0 Å². The van der Waals surface area contributed by atoms with Crippen molar-refractivity contribution in [2.45, 2.75) is 39.7 Å². The third kappa shape index (κ3) is 9.38. The maximum atomic E-state index is 14.2. The summed E-state index contributed by atoms with van der Waals surface area (Å²) in [7, 11) is 2.36. The summed E-state index contributed by atoms with van der Waals surface area (Å²) < 4.78 is 109. The van der Waals surface area contributed by atoms with Crippen molar-refractivity contribution < 1.29 is 59.3 Å². The van der Waals surface area contributed by atoms with Crippen LogP contribution in [-0.2, 0) is 22.6 Å². The number of ether oxygens (including phenoxy) is 4. The van der Waals surface area contributed by atoms with Gasteiger partial charge in [-0.2, -0.15) is 10.2 Å². The van der Waals surface area contributed by atoms with Gasteiger partial charge in [-0.15, -0.1) is 26.3 Å². The van der Waals surface area contributed by atoms with Gasteiger partial charge in [-0.3, -0.25) is 9.36 Å². The summed E-state index contributed by atoms with van der Waals surface area (Å²) in [4.78, 5) is 23.9. The molecule has 0 saturated heterocycles. The summed E-state index contributed by atoms with van der Waals surface area (Å²) >= 11 is 6.24. The highest BCUT2D eigenvalue weighted by Crippen LogP contribution is 2.31. The maximum absolute atomic E-state index is 14.2. The number of nitrogens with zero attached hydrogens (tertiary/aromatic N) is 4. The number of halogens is 8. The molecule has 4 aromatic carbocycles. The molecule has 0 unspecified atom stereocenters. The summed E-state index contributed by atoms with van der Waals surface area (Å²) in [6, 6.07) is 17.1. The van der Waals surface area contributed by atoms with Gasteiger partial charge in [0.15, 0.2) is 11.4 Å². The van der Waals surface area contributed by atoms with Gasteiger partial charge in [0.05, 0.1) is 38.3 Å². The maximum Gasteiger partial charge on any atom is 0.573 e. The molecule has 18 heteroatoms. The second kappa shape index (κ2) is 15.6. The largest absolute Gasteiger partial charge is 0.573 e. The third-order valence-corrected chi connectivity index (χ3v) is 8.08. The lowest BCUT2D eigenvalue weighted by Crippen LogP contribution is -2.17. The van der Waals surface area contributed by atoms with E-state index in [1.165, 1.54) is 40.7 Å². The number of hydrogen-bond acceptors (Lipinski definition) is 8. The van der Waals surface area contributed by atoms with Crippen LogP contribution in [-0.4, -0.2) is 58.4 Å². The topological polar surface area (TPSA) is 107 Å².